The van der Waals surface area contributed by atoms with E-state index in [1.807, 2.05) is 30.3 Å². The molecule has 3 N–H and O–H groups in total. The van der Waals surface area contributed by atoms with Crippen LogP contribution in [0.4, 0.5) is 11.4 Å². The van der Waals surface area contributed by atoms with E-state index in [1.165, 1.54) is 7.11 Å². The first-order valence-electron chi connectivity index (χ1n) is 6.48. The molecule has 5 heteroatoms. The molecule has 5 nitrogen and oxygen atoms in total. The minimum absolute atomic E-state index is 0.373. The average Bonchev–Trinajstić information content (AvgIpc) is 2.52. The maximum atomic E-state index is 12.0. The molecule has 0 bridgehead atoms. The summed E-state index contributed by atoms with van der Waals surface area (Å²) >= 11 is 0. The second-order valence-corrected chi connectivity index (χ2v) is 4.51. The largest absolute Gasteiger partial charge is 0.497 e. The highest BCUT2D eigenvalue weighted by Crippen LogP contribution is 2.26. The lowest BCUT2D eigenvalue weighted by Crippen LogP contribution is -2.22. The monoisotopic (exact) mass is 286 g/mol. The summed E-state index contributed by atoms with van der Waals surface area (Å²) in [4.78, 5) is 12.0. The maximum Gasteiger partial charge on any atom is 0.332 e. The molecular weight excluding hydrogens is 268 g/mol. The number of benzene rings is 2. The van der Waals surface area contributed by atoms with Crippen molar-refractivity contribution in [3.05, 3.63) is 54.1 Å². The van der Waals surface area contributed by atoms with Gasteiger partial charge in [0, 0.05) is 23.5 Å². The van der Waals surface area contributed by atoms with Gasteiger partial charge in [-0.3, -0.25) is 0 Å². The number of hydrogen-bond acceptors (Lipinski definition) is 5. The van der Waals surface area contributed by atoms with Gasteiger partial charge in [0.2, 0.25) is 0 Å². The number of rotatable bonds is 5. The second-order valence-electron chi connectivity index (χ2n) is 4.51. The van der Waals surface area contributed by atoms with Crippen LogP contribution in [-0.2, 0) is 9.53 Å². The fourth-order valence-corrected chi connectivity index (χ4v) is 2.03. The van der Waals surface area contributed by atoms with Gasteiger partial charge < -0.3 is 20.5 Å². The Morgan fingerprint density at radius 3 is 2.48 bits per heavy atom. The summed E-state index contributed by atoms with van der Waals surface area (Å²) in [6.45, 7) is 0. The van der Waals surface area contributed by atoms with Crippen LogP contribution in [0.2, 0.25) is 0 Å². The lowest BCUT2D eigenvalue weighted by Gasteiger charge is -2.19. The zero-order valence-electron chi connectivity index (χ0n) is 12.0. The number of ether oxygens (including phenoxy) is 2. The molecule has 0 aromatic heterocycles. The Balaban J connectivity index is 2.31. The van der Waals surface area contributed by atoms with Crippen molar-refractivity contribution in [2.75, 3.05) is 25.3 Å². The van der Waals surface area contributed by atoms with E-state index in [0.717, 1.165) is 5.56 Å². The first-order valence-corrected chi connectivity index (χ1v) is 6.48. The van der Waals surface area contributed by atoms with Crippen LogP contribution in [0, 0.1) is 0 Å². The molecule has 1 atom stereocenters. The first kappa shape index (κ1) is 14.7. The molecular formula is C16H18N2O3. The van der Waals surface area contributed by atoms with E-state index in [2.05, 4.69) is 5.32 Å². The zero-order chi connectivity index (χ0) is 15.2. The highest BCUT2D eigenvalue weighted by atomic mass is 16.5. The number of hydrogen-bond donors (Lipinski definition) is 2. The van der Waals surface area contributed by atoms with Crippen LogP contribution >= 0.6 is 0 Å². The minimum Gasteiger partial charge on any atom is -0.497 e. The van der Waals surface area contributed by atoms with E-state index in [4.69, 9.17) is 15.2 Å². The predicted molar refractivity (Wildman–Crippen MR) is 82.2 cm³/mol. The number of nitrogens with one attached hydrogen (secondary N) is 1. The Bertz CT molecular complexity index is 614. The van der Waals surface area contributed by atoms with E-state index >= 15 is 0 Å². The van der Waals surface area contributed by atoms with Crippen molar-refractivity contribution in [1.82, 2.24) is 0 Å². The maximum absolute atomic E-state index is 12.0. The zero-order valence-corrected chi connectivity index (χ0v) is 12.0. The molecule has 110 valence electrons. The van der Waals surface area contributed by atoms with Crippen molar-refractivity contribution < 1.29 is 14.3 Å². The number of carbonyl (C=O) groups excluding carboxylic acids is 1. The van der Waals surface area contributed by atoms with Crippen molar-refractivity contribution in [2.24, 2.45) is 0 Å². The second kappa shape index (κ2) is 6.65. The van der Waals surface area contributed by atoms with Crippen molar-refractivity contribution >= 4 is 17.3 Å². The van der Waals surface area contributed by atoms with Gasteiger partial charge in [0.25, 0.3) is 0 Å². The molecule has 0 aliphatic heterocycles. The molecule has 2 aromatic carbocycles. The van der Waals surface area contributed by atoms with Gasteiger partial charge in [0.05, 0.1) is 14.2 Å². The summed E-state index contributed by atoms with van der Waals surface area (Å²) in [6, 6.07) is 14.0. The van der Waals surface area contributed by atoms with Crippen LogP contribution in [0.1, 0.15) is 11.6 Å². The fraction of sp³-hybridized carbons (Fsp3) is 0.188. The van der Waals surface area contributed by atoms with Crippen LogP contribution in [-0.4, -0.2) is 20.2 Å². The quantitative estimate of drug-likeness (QED) is 0.653. The summed E-state index contributed by atoms with van der Waals surface area (Å²) in [5.74, 6) is 0.247. The molecule has 0 saturated heterocycles. The minimum atomic E-state index is -0.609. The molecule has 0 heterocycles. The third-order valence-corrected chi connectivity index (χ3v) is 3.05. The molecule has 0 spiro atoms. The van der Waals surface area contributed by atoms with Crippen LogP contribution in [0.15, 0.2) is 48.5 Å². The van der Waals surface area contributed by atoms with Crippen molar-refractivity contribution in [3.8, 4) is 5.75 Å². The smallest absolute Gasteiger partial charge is 0.332 e. The van der Waals surface area contributed by atoms with E-state index in [-0.39, 0.29) is 5.97 Å². The van der Waals surface area contributed by atoms with Crippen molar-refractivity contribution in [1.29, 1.82) is 0 Å². The van der Waals surface area contributed by atoms with Crippen molar-refractivity contribution in [3.63, 3.8) is 0 Å². The fourth-order valence-electron chi connectivity index (χ4n) is 2.03. The SMILES string of the molecule is COC(=O)C(Nc1cc(N)cc(OC)c1)c1ccccc1. The molecule has 0 saturated carbocycles. The Labute approximate surface area is 123 Å². The third kappa shape index (κ3) is 3.66. The molecule has 21 heavy (non-hydrogen) atoms. The van der Waals surface area contributed by atoms with Gasteiger partial charge in [0.15, 0.2) is 6.04 Å². The summed E-state index contributed by atoms with van der Waals surface area (Å²) in [5, 5.41) is 3.13. The van der Waals surface area contributed by atoms with Gasteiger partial charge in [0.1, 0.15) is 5.75 Å². The van der Waals surface area contributed by atoms with E-state index in [0.29, 0.717) is 17.1 Å². The molecule has 2 rings (SSSR count). The van der Waals surface area contributed by atoms with E-state index < -0.39 is 6.04 Å². The van der Waals surface area contributed by atoms with E-state index in [9.17, 15) is 4.79 Å². The average molecular weight is 286 g/mol. The van der Waals surface area contributed by atoms with Gasteiger partial charge >= 0.3 is 5.97 Å². The third-order valence-electron chi connectivity index (χ3n) is 3.05. The molecule has 1 unspecified atom stereocenters. The Morgan fingerprint density at radius 2 is 1.86 bits per heavy atom. The summed E-state index contributed by atoms with van der Waals surface area (Å²) in [7, 11) is 2.92. The van der Waals surface area contributed by atoms with Gasteiger partial charge in [-0.25, -0.2) is 4.79 Å². The predicted octanol–water partition coefficient (Wildman–Crippen LogP) is 2.60. The summed E-state index contributed by atoms with van der Waals surface area (Å²) < 4.78 is 10.0. The van der Waals surface area contributed by atoms with Crippen LogP contribution in [0.25, 0.3) is 0 Å². The lowest BCUT2D eigenvalue weighted by molar-refractivity contribution is -0.141. The van der Waals surface area contributed by atoms with Crippen LogP contribution in [0.3, 0.4) is 0 Å². The number of nitrogen functional groups attached to an aromatic ring is 1. The Kier molecular flexibility index (Phi) is 4.66. The highest BCUT2D eigenvalue weighted by Gasteiger charge is 2.21. The molecule has 0 fully saturated rings. The number of anilines is 2. The lowest BCUT2D eigenvalue weighted by atomic mass is 10.1. The van der Waals surface area contributed by atoms with E-state index in [1.54, 1.807) is 25.3 Å². The number of carbonyl (C=O) groups is 1. The Hall–Kier alpha value is -2.69. The number of methoxy groups -OCH3 is 2. The molecule has 0 amide bonds. The number of nitrogens with two attached hydrogens (primary N) is 1. The molecule has 2 aromatic rings. The van der Waals surface area contributed by atoms with Crippen molar-refractivity contribution in [2.45, 2.75) is 6.04 Å². The van der Waals surface area contributed by atoms with Gasteiger partial charge in [-0.2, -0.15) is 0 Å². The summed E-state index contributed by atoms with van der Waals surface area (Å²) in [6.07, 6.45) is 0. The topological polar surface area (TPSA) is 73.6 Å². The molecule has 0 radical (unpaired) electrons. The normalized spacial score (nSPS) is 11.5. The Morgan fingerprint density at radius 1 is 1.14 bits per heavy atom. The molecule has 0 aliphatic carbocycles. The number of esters is 1. The van der Waals surface area contributed by atoms with Gasteiger partial charge in [-0.05, 0) is 11.6 Å². The molecule has 0 aliphatic rings. The van der Waals surface area contributed by atoms with Gasteiger partial charge in [-0.1, -0.05) is 30.3 Å². The van der Waals surface area contributed by atoms with Crippen LogP contribution in [0.5, 0.6) is 5.75 Å². The van der Waals surface area contributed by atoms with Crippen LogP contribution < -0.4 is 15.8 Å². The summed E-state index contributed by atoms with van der Waals surface area (Å²) in [5.41, 5.74) is 7.87. The first-order chi connectivity index (χ1) is 10.1. The van der Waals surface area contributed by atoms with Gasteiger partial charge in [-0.15, -0.1) is 0 Å². The standard InChI is InChI=1S/C16H18N2O3/c1-20-14-9-12(17)8-13(10-14)18-15(16(19)21-2)11-6-4-3-5-7-11/h3-10,15,18H,17H2,1-2H3. The highest BCUT2D eigenvalue weighted by molar-refractivity contribution is 5.81.